The molecule has 2 unspecified atom stereocenters. The normalized spacial score (nSPS) is 61.8. The third-order valence-electron chi connectivity index (χ3n) is 8.89. The van der Waals surface area contributed by atoms with Gasteiger partial charge in [0.05, 0.1) is 11.7 Å². The number of aliphatic hydroxyl groups is 3. The minimum Gasteiger partial charge on any atom is -0.396 e. The molecule has 0 radical (unpaired) electrons. The van der Waals surface area contributed by atoms with Gasteiger partial charge >= 0.3 is 0 Å². The predicted molar refractivity (Wildman–Crippen MR) is 89.8 cm³/mol. The molecule has 23 heavy (non-hydrogen) atoms. The van der Waals surface area contributed by atoms with Gasteiger partial charge in [0, 0.05) is 6.61 Å². The van der Waals surface area contributed by atoms with E-state index in [4.69, 9.17) is 0 Å². The van der Waals surface area contributed by atoms with Gasteiger partial charge in [-0.2, -0.15) is 0 Å². The zero-order valence-corrected chi connectivity index (χ0v) is 15.0. The van der Waals surface area contributed by atoms with Crippen molar-refractivity contribution in [3.05, 3.63) is 0 Å². The summed E-state index contributed by atoms with van der Waals surface area (Å²) in [6, 6.07) is 0. The molecule has 1 spiro atoms. The van der Waals surface area contributed by atoms with Crippen LogP contribution in [0.25, 0.3) is 0 Å². The summed E-state index contributed by atoms with van der Waals surface area (Å²) in [6.07, 6.45) is 8.15. The molecule has 0 amide bonds. The van der Waals surface area contributed by atoms with Crippen LogP contribution in [-0.2, 0) is 0 Å². The van der Waals surface area contributed by atoms with Crippen LogP contribution in [0.15, 0.2) is 0 Å². The van der Waals surface area contributed by atoms with Gasteiger partial charge in [0.2, 0.25) is 0 Å². The first kappa shape index (κ1) is 16.4. The van der Waals surface area contributed by atoms with Gasteiger partial charge in [-0.1, -0.05) is 13.8 Å². The summed E-state index contributed by atoms with van der Waals surface area (Å²) in [5, 5.41) is 31.5. The molecule has 0 aromatic heterocycles. The summed E-state index contributed by atoms with van der Waals surface area (Å²) in [5.41, 5.74) is -0.249. The highest BCUT2D eigenvalue weighted by molar-refractivity contribution is 5.16. The zero-order valence-electron chi connectivity index (χ0n) is 15.0. The van der Waals surface area contributed by atoms with Crippen molar-refractivity contribution in [2.24, 2.45) is 34.0 Å². The predicted octanol–water partition coefficient (Wildman–Crippen LogP) is 3.11. The SMILES string of the molecule is C[C@]1(CO)CC(O)C[C@]2(C)[C@@H]1CC[C@@]13CC(CC[C@H]12)[C@](C)(O)C3. The average Bonchev–Trinajstić information content (AvgIpc) is 2.62. The molecule has 0 aliphatic heterocycles. The maximum atomic E-state index is 10.9. The maximum Gasteiger partial charge on any atom is 0.0653 e. The van der Waals surface area contributed by atoms with Crippen LogP contribution in [0.4, 0.5) is 0 Å². The number of aliphatic hydroxyl groups excluding tert-OH is 2. The Morgan fingerprint density at radius 3 is 2.39 bits per heavy atom. The Balaban J connectivity index is 1.74. The lowest BCUT2D eigenvalue weighted by Crippen LogP contribution is -2.59. The van der Waals surface area contributed by atoms with E-state index in [2.05, 4.69) is 20.8 Å². The fourth-order valence-electron chi connectivity index (χ4n) is 8.25. The smallest absolute Gasteiger partial charge is 0.0653 e. The molecule has 4 rings (SSSR count). The summed E-state index contributed by atoms with van der Waals surface area (Å²) in [5.74, 6) is 1.57. The van der Waals surface area contributed by atoms with Crippen molar-refractivity contribution < 1.29 is 15.3 Å². The number of rotatable bonds is 1. The molecule has 3 nitrogen and oxygen atoms in total. The van der Waals surface area contributed by atoms with Gasteiger partial charge in [-0.05, 0) is 92.3 Å². The highest BCUT2D eigenvalue weighted by atomic mass is 16.3. The minimum absolute atomic E-state index is 0.110. The fourth-order valence-corrected chi connectivity index (χ4v) is 8.25. The molecule has 132 valence electrons. The van der Waals surface area contributed by atoms with E-state index in [1.807, 2.05) is 0 Å². The van der Waals surface area contributed by atoms with E-state index in [0.717, 1.165) is 32.1 Å². The third-order valence-corrected chi connectivity index (χ3v) is 8.89. The second kappa shape index (κ2) is 4.74. The van der Waals surface area contributed by atoms with Crippen LogP contribution < -0.4 is 0 Å². The molecule has 4 aliphatic rings. The number of hydrogen-bond acceptors (Lipinski definition) is 3. The first-order chi connectivity index (χ1) is 10.7. The van der Waals surface area contributed by atoms with Gasteiger partial charge in [0.25, 0.3) is 0 Å². The van der Waals surface area contributed by atoms with Crippen LogP contribution in [0.3, 0.4) is 0 Å². The average molecular weight is 322 g/mol. The summed E-state index contributed by atoms with van der Waals surface area (Å²) < 4.78 is 0. The van der Waals surface area contributed by atoms with Gasteiger partial charge < -0.3 is 15.3 Å². The van der Waals surface area contributed by atoms with E-state index in [-0.39, 0.29) is 29.0 Å². The summed E-state index contributed by atoms with van der Waals surface area (Å²) in [4.78, 5) is 0. The summed E-state index contributed by atoms with van der Waals surface area (Å²) in [7, 11) is 0. The van der Waals surface area contributed by atoms with Gasteiger partial charge in [-0.3, -0.25) is 0 Å². The quantitative estimate of drug-likeness (QED) is 0.695. The zero-order chi connectivity index (χ0) is 16.7. The van der Waals surface area contributed by atoms with Crippen molar-refractivity contribution in [3.8, 4) is 0 Å². The highest BCUT2D eigenvalue weighted by Gasteiger charge is 2.67. The molecule has 2 bridgehead atoms. The van der Waals surface area contributed by atoms with Gasteiger partial charge in [-0.15, -0.1) is 0 Å². The Morgan fingerprint density at radius 1 is 0.957 bits per heavy atom. The second-order valence-electron chi connectivity index (χ2n) is 10.4. The van der Waals surface area contributed by atoms with Crippen molar-refractivity contribution in [2.45, 2.75) is 83.8 Å². The Kier molecular flexibility index (Phi) is 3.37. The maximum absolute atomic E-state index is 10.9. The molecule has 4 saturated carbocycles. The number of fused-ring (bicyclic) bond motifs is 3. The topological polar surface area (TPSA) is 60.7 Å². The molecule has 8 atom stereocenters. The van der Waals surface area contributed by atoms with E-state index in [9.17, 15) is 15.3 Å². The lowest BCUT2D eigenvalue weighted by Gasteiger charge is -2.64. The molecular weight excluding hydrogens is 288 g/mol. The Hall–Kier alpha value is -0.120. The van der Waals surface area contributed by atoms with Crippen LogP contribution in [0.1, 0.15) is 72.1 Å². The van der Waals surface area contributed by atoms with Crippen LogP contribution in [0, 0.1) is 34.0 Å². The molecule has 3 heteroatoms. The van der Waals surface area contributed by atoms with E-state index in [0.29, 0.717) is 17.8 Å². The van der Waals surface area contributed by atoms with Crippen molar-refractivity contribution >= 4 is 0 Å². The molecule has 0 aromatic carbocycles. The van der Waals surface area contributed by atoms with Crippen LogP contribution in [0.5, 0.6) is 0 Å². The van der Waals surface area contributed by atoms with E-state index < -0.39 is 5.60 Å². The first-order valence-electron chi connectivity index (χ1n) is 9.67. The van der Waals surface area contributed by atoms with Gasteiger partial charge in [0.15, 0.2) is 0 Å². The van der Waals surface area contributed by atoms with Crippen molar-refractivity contribution in [1.82, 2.24) is 0 Å². The third kappa shape index (κ3) is 2.05. The minimum atomic E-state index is -0.495. The van der Waals surface area contributed by atoms with Crippen molar-refractivity contribution in [3.63, 3.8) is 0 Å². The molecule has 4 fully saturated rings. The lowest BCUT2D eigenvalue weighted by atomic mass is 9.40. The monoisotopic (exact) mass is 322 g/mol. The molecule has 4 aliphatic carbocycles. The molecule has 0 aromatic rings. The Bertz CT molecular complexity index is 503. The molecule has 0 saturated heterocycles. The molecule has 0 heterocycles. The Morgan fingerprint density at radius 2 is 1.70 bits per heavy atom. The van der Waals surface area contributed by atoms with Gasteiger partial charge in [0.1, 0.15) is 0 Å². The standard InChI is InChI=1S/C20H34O3/c1-17(12-21)9-14(22)10-18(2)15(17)6-7-20-8-13(4-5-16(18)20)19(3,23)11-20/h13-16,21-23H,4-12H2,1-3H3/t13?,14?,15-,16+,17-,18-,19-,20+/m1/s1. The first-order valence-corrected chi connectivity index (χ1v) is 9.67. The van der Waals surface area contributed by atoms with E-state index >= 15 is 0 Å². The van der Waals surface area contributed by atoms with Crippen molar-refractivity contribution in [1.29, 1.82) is 0 Å². The van der Waals surface area contributed by atoms with Crippen LogP contribution in [-0.4, -0.2) is 33.6 Å². The molecular formula is C20H34O3. The Labute approximate surface area is 140 Å². The second-order valence-corrected chi connectivity index (χ2v) is 10.4. The summed E-state index contributed by atoms with van der Waals surface area (Å²) in [6.45, 7) is 6.82. The molecule has 3 N–H and O–H groups in total. The van der Waals surface area contributed by atoms with Crippen LogP contribution >= 0.6 is 0 Å². The largest absolute Gasteiger partial charge is 0.396 e. The number of hydrogen-bond donors (Lipinski definition) is 3. The van der Waals surface area contributed by atoms with Crippen LogP contribution in [0.2, 0.25) is 0 Å². The highest BCUT2D eigenvalue weighted by Crippen LogP contribution is 2.72. The lowest BCUT2D eigenvalue weighted by molar-refractivity contribution is -0.185. The summed E-state index contributed by atoms with van der Waals surface area (Å²) >= 11 is 0. The van der Waals surface area contributed by atoms with E-state index in [1.165, 1.54) is 19.3 Å². The fraction of sp³-hybridized carbons (Fsp3) is 1.00. The van der Waals surface area contributed by atoms with Crippen molar-refractivity contribution in [2.75, 3.05) is 6.61 Å². The van der Waals surface area contributed by atoms with Gasteiger partial charge in [-0.25, -0.2) is 0 Å². The van der Waals surface area contributed by atoms with E-state index in [1.54, 1.807) is 0 Å².